The molecule has 3 nitrogen and oxygen atoms in total. The molecule has 0 saturated heterocycles. The second-order valence-electron chi connectivity index (χ2n) is 2.69. The van der Waals surface area contributed by atoms with Gasteiger partial charge in [0.1, 0.15) is 6.23 Å². The molecule has 0 spiro atoms. The minimum atomic E-state index is -0.315. The molecule has 0 radical (unpaired) electrons. The van der Waals surface area contributed by atoms with E-state index in [1.54, 1.807) is 25.7 Å². The van der Waals surface area contributed by atoms with Crippen LogP contribution in [0, 0.1) is 0 Å². The number of nitrogens with zero attached hydrogens (tertiary/aromatic N) is 1. The van der Waals surface area contributed by atoms with Crippen molar-refractivity contribution in [2.75, 3.05) is 14.1 Å². The van der Waals surface area contributed by atoms with Gasteiger partial charge in [0.25, 0.3) is 0 Å². The zero-order valence-corrected chi connectivity index (χ0v) is 9.56. The maximum atomic E-state index is 8.56. The quantitative estimate of drug-likeness (QED) is 0.468. The molecule has 11 heavy (non-hydrogen) atoms. The van der Waals surface area contributed by atoms with Crippen molar-refractivity contribution in [2.24, 2.45) is 0 Å². The molecule has 0 fully saturated rings. The summed E-state index contributed by atoms with van der Waals surface area (Å²) in [6.45, 7) is 5.17. The smallest absolute Gasteiger partial charge is 0.104 e. The van der Waals surface area contributed by atoms with Crippen LogP contribution in [0.5, 0.6) is 0 Å². The fraction of sp³-hybridized carbons (Fsp3) is 1.00. The topological polar surface area (TPSA) is 43.7 Å². The van der Waals surface area contributed by atoms with Crippen molar-refractivity contribution in [1.29, 1.82) is 0 Å². The van der Waals surface area contributed by atoms with E-state index in [1.807, 2.05) is 14.1 Å². The van der Waals surface area contributed by atoms with Crippen LogP contribution in [-0.2, 0) is 21.7 Å². The van der Waals surface area contributed by atoms with E-state index in [1.165, 1.54) is 0 Å². The van der Waals surface area contributed by atoms with Gasteiger partial charge in [-0.2, -0.15) is 0 Å². The van der Waals surface area contributed by atoms with Crippen molar-refractivity contribution in [3.8, 4) is 0 Å². The van der Waals surface area contributed by atoms with Gasteiger partial charge in [-0.05, 0) is 34.9 Å². The van der Waals surface area contributed by atoms with Gasteiger partial charge in [0, 0.05) is 27.8 Å². The van der Waals surface area contributed by atoms with Gasteiger partial charge in [-0.3, -0.25) is 4.90 Å². The number of aliphatic hydroxyl groups excluding tert-OH is 2. The Morgan fingerprint density at radius 3 is 1.09 bits per heavy atom. The standard InChI is InChI=1S/C4H11NO.C3H8O.Ti/c1-4(6)5(2)3;1-3(2)4;/h4,6H,1-3H3;3-4H,1-2H3;. The zero-order valence-electron chi connectivity index (χ0n) is 8.00. The molecule has 4 heteroatoms. The summed E-state index contributed by atoms with van der Waals surface area (Å²) < 4.78 is 0. The molecule has 1 atom stereocenters. The Morgan fingerprint density at radius 1 is 1.00 bits per heavy atom. The summed E-state index contributed by atoms with van der Waals surface area (Å²) in [6.07, 6.45) is -0.481. The number of hydrogen-bond acceptors (Lipinski definition) is 3. The first-order valence-corrected chi connectivity index (χ1v) is 3.40. The maximum absolute atomic E-state index is 8.56. The molecular weight excluding hydrogens is 178 g/mol. The van der Waals surface area contributed by atoms with E-state index in [2.05, 4.69) is 0 Å². The minimum Gasteiger partial charge on any atom is -0.394 e. The van der Waals surface area contributed by atoms with Crippen LogP contribution in [0.4, 0.5) is 0 Å². The molecule has 0 aliphatic rings. The van der Waals surface area contributed by atoms with Gasteiger partial charge in [-0.25, -0.2) is 0 Å². The Labute approximate surface area is 84.3 Å². The third-order valence-electron chi connectivity index (χ3n) is 0.747. The minimum absolute atomic E-state index is 0. The predicted octanol–water partition coefficient (Wildman–Crippen LogP) is 0.271. The van der Waals surface area contributed by atoms with Gasteiger partial charge in [0.2, 0.25) is 0 Å². The van der Waals surface area contributed by atoms with E-state index in [0.717, 1.165) is 0 Å². The molecule has 0 aromatic carbocycles. The third kappa shape index (κ3) is 37.1. The van der Waals surface area contributed by atoms with Crippen molar-refractivity contribution in [3.63, 3.8) is 0 Å². The van der Waals surface area contributed by atoms with Gasteiger partial charge in [0.15, 0.2) is 0 Å². The number of rotatable bonds is 1. The molecule has 0 aromatic rings. The van der Waals surface area contributed by atoms with Crippen LogP contribution in [0.2, 0.25) is 0 Å². The average molecular weight is 197 g/mol. The Balaban J connectivity index is -0.000000114. The third-order valence-corrected chi connectivity index (χ3v) is 0.747. The Hall–Kier alpha value is 0.594. The second-order valence-corrected chi connectivity index (χ2v) is 2.69. The summed E-state index contributed by atoms with van der Waals surface area (Å²) in [5, 5.41) is 16.6. The fourth-order valence-corrected chi connectivity index (χ4v) is 0. The average Bonchev–Trinajstić information content (AvgIpc) is 1.63. The Morgan fingerprint density at radius 2 is 1.09 bits per heavy atom. The van der Waals surface area contributed by atoms with Crippen LogP contribution in [0.25, 0.3) is 0 Å². The van der Waals surface area contributed by atoms with Crippen LogP contribution >= 0.6 is 0 Å². The van der Waals surface area contributed by atoms with E-state index in [4.69, 9.17) is 10.2 Å². The molecule has 0 bridgehead atoms. The van der Waals surface area contributed by atoms with Crippen LogP contribution in [0.3, 0.4) is 0 Å². The zero-order chi connectivity index (χ0) is 8.73. The van der Waals surface area contributed by atoms with E-state index < -0.39 is 0 Å². The summed E-state index contributed by atoms with van der Waals surface area (Å²) in [6, 6.07) is 0. The Kier molecular flexibility index (Phi) is 17.0. The number of hydrogen-bond donors (Lipinski definition) is 2. The first-order chi connectivity index (χ1) is 4.37. The molecule has 1 unspecified atom stereocenters. The molecule has 0 aliphatic heterocycles. The normalized spacial score (nSPS) is 11.7. The van der Waals surface area contributed by atoms with E-state index in [0.29, 0.717) is 0 Å². The molecule has 0 aliphatic carbocycles. The Bertz CT molecular complexity index is 58.7. The summed E-state index contributed by atoms with van der Waals surface area (Å²) in [4.78, 5) is 1.72. The molecule has 0 saturated carbocycles. The van der Waals surface area contributed by atoms with Crippen LogP contribution in [0.1, 0.15) is 20.8 Å². The molecular formula is C7H19NO2Ti. The predicted molar refractivity (Wildman–Crippen MR) is 42.7 cm³/mol. The first kappa shape index (κ1) is 17.6. The largest absolute Gasteiger partial charge is 0.394 e. The van der Waals surface area contributed by atoms with Crippen molar-refractivity contribution in [1.82, 2.24) is 4.90 Å². The van der Waals surface area contributed by atoms with E-state index >= 15 is 0 Å². The monoisotopic (exact) mass is 197 g/mol. The molecule has 0 aromatic heterocycles. The number of aliphatic hydroxyl groups is 2. The SMILES string of the molecule is CC(C)O.CC(O)N(C)C.[Ti]. The second kappa shape index (κ2) is 10.6. The van der Waals surface area contributed by atoms with Gasteiger partial charge >= 0.3 is 0 Å². The summed E-state index contributed by atoms with van der Waals surface area (Å²) in [7, 11) is 3.65. The van der Waals surface area contributed by atoms with Crippen molar-refractivity contribution >= 4 is 0 Å². The van der Waals surface area contributed by atoms with Gasteiger partial charge in [0.05, 0.1) is 0 Å². The fourth-order valence-electron chi connectivity index (χ4n) is 0. The van der Waals surface area contributed by atoms with Gasteiger partial charge in [-0.1, -0.05) is 0 Å². The molecule has 0 rings (SSSR count). The van der Waals surface area contributed by atoms with Gasteiger partial charge in [-0.15, -0.1) is 0 Å². The summed E-state index contributed by atoms with van der Waals surface area (Å²) >= 11 is 0. The maximum Gasteiger partial charge on any atom is 0.104 e. The van der Waals surface area contributed by atoms with E-state index in [9.17, 15) is 0 Å². The van der Waals surface area contributed by atoms with Crippen molar-refractivity contribution < 1.29 is 31.9 Å². The van der Waals surface area contributed by atoms with E-state index in [-0.39, 0.29) is 34.0 Å². The van der Waals surface area contributed by atoms with Crippen LogP contribution in [0.15, 0.2) is 0 Å². The van der Waals surface area contributed by atoms with Crippen LogP contribution in [-0.4, -0.2) is 41.5 Å². The first-order valence-electron chi connectivity index (χ1n) is 3.40. The summed E-state index contributed by atoms with van der Waals surface area (Å²) in [5.41, 5.74) is 0. The molecule has 0 heterocycles. The summed E-state index contributed by atoms with van der Waals surface area (Å²) in [5.74, 6) is 0. The van der Waals surface area contributed by atoms with Crippen LogP contribution < -0.4 is 0 Å². The van der Waals surface area contributed by atoms with Crippen molar-refractivity contribution in [2.45, 2.75) is 33.1 Å². The van der Waals surface area contributed by atoms with Crippen molar-refractivity contribution in [3.05, 3.63) is 0 Å². The van der Waals surface area contributed by atoms with Gasteiger partial charge < -0.3 is 10.2 Å². The molecule has 2 N–H and O–H groups in total. The molecule has 0 amide bonds. The molecule has 68 valence electrons.